The van der Waals surface area contributed by atoms with Crippen LogP contribution in [-0.2, 0) is 4.12 Å². The summed E-state index contributed by atoms with van der Waals surface area (Å²) in [6.45, 7) is 2.18. The molecule has 0 fully saturated rings. The average Bonchev–Trinajstić information content (AvgIpc) is 2.40. The van der Waals surface area contributed by atoms with E-state index in [2.05, 4.69) is 12.6 Å². The number of ether oxygens (including phenoxy) is 1. The summed E-state index contributed by atoms with van der Waals surface area (Å²) in [6, 6.07) is 18.0. The summed E-state index contributed by atoms with van der Waals surface area (Å²) in [4.78, 5) is 0. The predicted molar refractivity (Wildman–Crippen MR) is 76.6 cm³/mol. The summed E-state index contributed by atoms with van der Waals surface area (Å²) in [5.41, 5.74) is 0. The smallest absolute Gasteiger partial charge is 0.195 e. The van der Waals surface area contributed by atoms with Gasteiger partial charge >= 0.3 is 0 Å². The number of benzene rings is 2. The molecule has 1 unspecified atom stereocenters. The topological polar surface area (TPSA) is 18.5 Å². The van der Waals surface area contributed by atoms with Crippen LogP contribution in [0.1, 0.15) is 0 Å². The standard InChI is InChI=1S/C13H16O2Si2/c1-17(15-16)13-10-6-5-9-12(13)14-11-7-3-2-4-8-11/h2-10,17H,1,16H3. The van der Waals surface area contributed by atoms with E-state index < -0.39 is 9.04 Å². The Labute approximate surface area is 106 Å². The molecule has 0 spiro atoms. The van der Waals surface area contributed by atoms with E-state index in [1.165, 1.54) is 5.19 Å². The van der Waals surface area contributed by atoms with Gasteiger partial charge in [0.05, 0.1) is 0 Å². The molecule has 0 aromatic heterocycles. The van der Waals surface area contributed by atoms with Crippen molar-refractivity contribution in [1.29, 1.82) is 0 Å². The molecule has 2 rings (SSSR count). The molecule has 0 N–H and O–H groups in total. The Balaban J connectivity index is 2.27. The summed E-state index contributed by atoms with van der Waals surface area (Å²) in [5, 5.41) is 1.23. The maximum Gasteiger partial charge on any atom is 0.195 e. The van der Waals surface area contributed by atoms with Crippen LogP contribution in [0.2, 0.25) is 6.55 Å². The van der Waals surface area contributed by atoms with Gasteiger partial charge in [-0.3, -0.25) is 0 Å². The highest BCUT2D eigenvalue weighted by Gasteiger charge is 2.12. The van der Waals surface area contributed by atoms with Crippen LogP contribution in [0.3, 0.4) is 0 Å². The normalized spacial score (nSPS) is 12.3. The van der Waals surface area contributed by atoms with E-state index in [1.807, 2.05) is 48.5 Å². The molecule has 0 aliphatic heterocycles. The zero-order valence-electron chi connectivity index (χ0n) is 10.1. The van der Waals surface area contributed by atoms with Crippen molar-refractivity contribution in [3.8, 4) is 11.5 Å². The van der Waals surface area contributed by atoms with Gasteiger partial charge in [-0.05, 0) is 24.7 Å². The van der Waals surface area contributed by atoms with Crippen molar-refractivity contribution in [2.24, 2.45) is 0 Å². The van der Waals surface area contributed by atoms with E-state index in [0.717, 1.165) is 22.0 Å². The minimum atomic E-state index is -1.28. The number of para-hydroxylation sites is 2. The first kappa shape index (κ1) is 12.1. The van der Waals surface area contributed by atoms with E-state index in [0.29, 0.717) is 0 Å². The van der Waals surface area contributed by atoms with Crippen LogP contribution in [0.25, 0.3) is 0 Å². The van der Waals surface area contributed by atoms with E-state index in [1.54, 1.807) is 0 Å². The Morgan fingerprint density at radius 3 is 2.29 bits per heavy atom. The third kappa shape index (κ3) is 3.06. The lowest BCUT2D eigenvalue weighted by molar-refractivity contribution is 0.485. The summed E-state index contributed by atoms with van der Waals surface area (Å²) >= 11 is 0. The SMILES string of the molecule is C[SiH](O[SiH3])c1ccccc1Oc1ccccc1. The Bertz CT molecular complexity index is 474. The largest absolute Gasteiger partial charge is 0.462 e. The van der Waals surface area contributed by atoms with Gasteiger partial charge in [-0.25, -0.2) is 0 Å². The Kier molecular flexibility index (Phi) is 4.14. The molecule has 0 radical (unpaired) electrons. The van der Waals surface area contributed by atoms with E-state index in [9.17, 15) is 0 Å². The van der Waals surface area contributed by atoms with Crippen LogP contribution in [0.4, 0.5) is 0 Å². The summed E-state index contributed by atoms with van der Waals surface area (Å²) in [5.74, 6) is 1.79. The highest BCUT2D eigenvalue weighted by atomic mass is 28.3. The third-order valence-electron chi connectivity index (χ3n) is 2.68. The molecule has 2 aromatic rings. The van der Waals surface area contributed by atoms with Gasteiger partial charge in [-0.2, -0.15) is 0 Å². The second-order valence-electron chi connectivity index (χ2n) is 3.83. The van der Waals surface area contributed by atoms with Gasteiger partial charge in [0, 0.05) is 5.19 Å². The molecule has 0 aliphatic rings. The van der Waals surface area contributed by atoms with Gasteiger partial charge in [0.2, 0.25) is 0 Å². The number of hydrogen-bond donors (Lipinski definition) is 0. The van der Waals surface area contributed by atoms with Crippen LogP contribution in [0.15, 0.2) is 54.6 Å². The fourth-order valence-corrected chi connectivity index (χ4v) is 3.61. The lowest BCUT2D eigenvalue weighted by atomic mass is 10.3. The maximum absolute atomic E-state index is 5.90. The van der Waals surface area contributed by atoms with Crippen LogP contribution < -0.4 is 9.92 Å². The van der Waals surface area contributed by atoms with E-state index >= 15 is 0 Å². The van der Waals surface area contributed by atoms with Crippen molar-refractivity contribution in [1.82, 2.24) is 0 Å². The van der Waals surface area contributed by atoms with Crippen molar-refractivity contribution < 1.29 is 8.85 Å². The van der Waals surface area contributed by atoms with Gasteiger partial charge in [0.15, 0.2) is 9.04 Å². The maximum atomic E-state index is 5.90. The average molecular weight is 260 g/mol. The molecule has 0 aliphatic carbocycles. The van der Waals surface area contributed by atoms with Crippen LogP contribution in [0.5, 0.6) is 11.5 Å². The second kappa shape index (κ2) is 5.81. The predicted octanol–water partition coefficient (Wildman–Crippen LogP) is 1.34. The van der Waals surface area contributed by atoms with Crippen molar-refractivity contribution in [3.63, 3.8) is 0 Å². The fraction of sp³-hybridized carbons (Fsp3) is 0.0769. The van der Waals surface area contributed by atoms with Gasteiger partial charge in [-0.15, -0.1) is 0 Å². The Morgan fingerprint density at radius 1 is 0.941 bits per heavy atom. The van der Waals surface area contributed by atoms with Crippen LogP contribution in [0, 0.1) is 0 Å². The van der Waals surface area contributed by atoms with Crippen molar-refractivity contribution >= 4 is 24.7 Å². The van der Waals surface area contributed by atoms with Crippen LogP contribution in [-0.4, -0.2) is 19.5 Å². The summed E-state index contributed by atoms with van der Waals surface area (Å²) in [7, 11) is -0.499. The first-order valence-electron chi connectivity index (χ1n) is 5.66. The molecule has 2 aromatic carbocycles. The molecule has 1 atom stereocenters. The molecule has 0 heterocycles. The van der Waals surface area contributed by atoms with Crippen molar-refractivity contribution in [2.45, 2.75) is 6.55 Å². The first-order valence-corrected chi connectivity index (χ1v) is 8.68. The highest BCUT2D eigenvalue weighted by molar-refractivity contribution is 6.69. The minimum Gasteiger partial charge on any atom is -0.462 e. The molecular formula is C13H16O2Si2. The fourth-order valence-electron chi connectivity index (χ4n) is 1.65. The Hall–Kier alpha value is -1.37. The van der Waals surface area contributed by atoms with Gasteiger partial charge in [0.1, 0.15) is 22.0 Å². The minimum absolute atomic E-state index is 0.784. The highest BCUT2D eigenvalue weighted by Crippen LogP contribution is 2.19. The lowest BCUT2D eigenvalue weighted by Gasteiger charge is -2.14. The van der Waals surface area contributed by atoms with Gasteiger partial charge < -0.3 is 8.85 Å². The van der Waals surface area contributed by atoms with Crippen molar-refractivity contribution in [2.75, 3.05) is 0 Å². The van der Waals surface area contributed by atoms with Crippen LogP contribution >= 0.6 is 0 Å². The second-order valence-corrected chi connectivity index (χ2v) is 7.62. The third-order valence-corrected chi connectivity index (χ3v) is 6.86. The Morgan fingerprint density at radius 2 is 1.59 bits per heavy atom. The van der Waals surface area contributed by atoms with Crippen molar-refractivity contribution in [3.05, 3.63) is 54.6 Å². The summed E-state index contributed by atoms with van der Waals surface area (Å²) < 4.78 is 11.5. The quantitative estimate of drug-likeness (QED) is 0.772. The van der Waals surface area contributed by atoms with E-state index in [-0.39, 0.29) is 0 Å². The zero-order valence-corrected chi connectivity index (χ0v) is 13.2. The molecule has 0 saturated carbocycles. The molecule has 0 bridgehead atoms. The lowest BCUT2D eigenvalue weighted by Crippen LogP contribution is -2.30. The van der Waals surface area contributed by atoms with E-state index in [4.69, 9.17) is 8.85 Å². The monoisotopic (exact) mass is 260 g/mol. The van der Waals surface area contributed by atoms with Gasteiger partial charge in [0.25, 0.3) is 0 Å². The first-order chi connectivity index (χ1) is 8.31. The number of rotatable bonds is 4. The summed E-state index contributed by atoms with van der Waals surface area (Å²) in [6.07, 6.45) is 0. The molecule has 17 heavy (non-hydrogen) atoms. The van der Waals surface area contributed by atoms with Gasteiger partial charge in [-0.1, -0.05) is 36.4 Å². The molecule has 0 saturated heterocycles. The molecule has 0 amide bonds. The molecule has 2 nitrogen and oxygen atoms in total. The number of hydrogen-bond acceptors (Lipinski definition) is 2. The molecule has 4 heteroatoms. The molecule has 88 valence electrons. The zero-order chi connectivity index (χ0) is 12.1. The molecular weight excluding hydrogens is 244 g/mol.